The molecule has 2 fully saturated rings. The van der Waals surface area contributed by atoms with E-state index in [4.69, 9.17) is 11.5 Å². The van der Waals surface area contributed by atoms with Gasteiger partial charge in [0.1, 0.15) is 12.1 Å². The van der Waals surface area contributed by atoms with Crippen molar-refractivity contribution in [1.29, 1.82) is 0 Å². The summed E-state index contributed by atoms with van der Waals surface area (Å²) in [5.41, 5.74) is 11.1. The lowest BCUT2D eigenvalue weighted by molar-refractivity contribution is -0.521. The molecule has 38 heavy (non-hydrogen) atoms. The van der Waals surface area contributed by atoms with Gasteiger partial charge >= 0.3 is 12.0 Å². The third-order valence-corrected chi connectivity index (χ3v) is 7.75. The minimum atomic E-state index is -2.61. The Bertz CT molecular complexity index is 1400. The molecule has 4 aliphatic heterocycles. The van der Waals surface area contributed by atoms with Gasteiger partial charge in [0.25, 0.3) is 5.66 Å². The molecular weight excluding hydrogens is 494 g/mol. The summed E-state index contributed by atoms with van der Waals surface area (Å²) in [5, 5.41) is 33.2. The maximum Gasteiger partial charge on any atom is 0.343 e. The van der Waals surface area contributed by atoms with Crippen LogP contribution in [-0.2, 0) is 9.59 Å². The standard InChI is InChI=1S/C24H27N9O5/c25-20-30-19-15(10-32-17(34)8-9-18(32)35)27-21(26)33-11-16(24(37,38)23(19,33)31-20)29-22(36)28-14-7-3-5-12-4-1-2-6-13(12)14/h1-7,15-16,19,37-38H,8-11H2,(H2,26,27)(H3,25,30,31)(H2,28,29,36)/p+1/t15-,16-,19-,23-/m0/s1. The number of aliphatic imine (C=N–C) groups is 1. The van der Waals surface area contributed by atoms with Gasteiger partial charge in [0, 0.05) is 18.2 Å². The number of fused-ring (bicyclic) bond motifs is 1. The third-order valence-electron chi connectivity index (χ3n) is 7.75. The fourth-order valence-electron chi connectivity index (χ4n) is 5.99. The van der Waals surface area contributed by atoms with E-state index < -0.39 is 35.6 Å². The van der Waals surface area contributed by atoms with Crippen LogP contribution in [0.25, 0.3) is 10.8 Å². The average Bonchev–Trinajstić information content (AvgIpc) is 3.47. The summed E-state index contributed by atoms with van der Waals surface area (Å²) in [6.07, 6.45) is 0.211. The van der Waals surface area contributed by atoms with Crippen molar-refractivity contribution in [1.82, 2.24) is 20.4 Å². The molecule has 14 heteroatoms. The average molecular weight is 523 g/mol. The molecule has 198 valence electrons. The Hall–Kier alpha value is -4.43. The van der Waals surface area contributed by atoms with Crippen molar-refractivity contribution < 1.29 is 29.6 Å². The van der Waals surface area contributed by atoms with Crippen LogP contribution in [0.5, 0.6) is 0 Å². The Morgan fingerprint density at radius 1 is 1.13 bits per heavy atom. The molecule has 0 radical (unpaired) electrons. The minimum absolute atomic E-state index is 0.0299. The maximum absolute atomic E-state index is 13.0. The van der Waals surface area contributed by atoms with Crippen LogP contribution in [0.1, 0.15) is 12.8 Å². The van der Waals surface area contributed by atoms with Crippen molar-refractivity contribution in [2.75, 3.05) is 18.4 Å². The summed E-state index contributed by atoms with van der Waals surface area (Å²) in [6, 6.07) is 9.36. The second-order valence-electron chi connectivity index (χ2n) is 9.89. The molecule has 6 rings (SSSR count). The van der Waals surface area contributed by atoms with E-state index in [2.05, 4.69) is 25.9 Å². The van der Waals surface area contributed by atoms with Crippen LogP contribution in [0.3, 0.4) is 0 Å². The molecule has 2 saturated heterocycles. The number of likely N-dealkylation sites (tertiary alicyclic amines) is 1. The number of imide groups is 1. The van der Waals surface area contributed by atoms with Crippen molar-refractivity contribution in [3.05, 3.63) is 42.5 Å². The van der Waals surface area contributed by atoms with Gasteiger partial charge in [-0.15, -0.1) is 0 Å². The van der Waals surface area contributed by atoms with Gasteiger partial charge in [0.15, 0.2) is 12.0 Å². The number of benzene rings is 2. The fraction of sp³-hybridized carbons (Fsp3) is 0.375. The lowest BCUT2D eigenvalue weighted by Crippen LogP contribution is -2.90. The number of anilines is 1. The molecule has 2 aromatic carbocycles. The number of urea groups is 1. The number of rotatable bonds is 4. The minimum Gasteiger partial charge on any atom is -0.370 e. The number of nitrogens with two attached hydrogens (primary N) is 2. The molecular formula is C24H28N9O5+. The zero-order valence-corrected chi connectivity index (χ0v) is 20.2. The molecule has 0 unspecified atom stereocenters. The highest BCUT2D eigenvalue weighted by molar-refractivity contribution is 6.02. The van der Waals surface area contributed by atoms with E-state index in [1.54, 1.807) is 12.1 Å². The first-order valence-electron chi connectivity index (χ1n) is 12.2. The van der Waals surface area contributed by atoms with E-state index in [0.717, 1.165) is 15.7 Å². The molecule has 10 N–H and O–H groups in total. The third kappa shape index (κ3) is 3.37. The number of carbonyl (C=O) groups is 3. The lowest BCUT2D eigenvalue weighted by Gasteiger charge is -2.46. The van der Waals surface area contributed by atoms with E-state index in [1.807, 2.05) is 30.3 Å². The zero-order chi connectivity index (χ0) is 26.8. The number of nitrogens with one attached hydrogen (secondary N) is 4. The first-order valence-corrected chi connectivity index (χ1v) is 12.2. The number of carbonyl (C=O) groups excluding carboxylic acids is 3. The molecule has 4 aliphatic rings. The monoisotopic (exact) mass is 522 g/mol. The van der Waals surface area contributed by atoms with Gasteiger partial charge in [0.05, 0.1) is 18.8 Å². The topological polar surface area (TPSA) is 213 Å². The Morgan fingerprint density at radius 2 is 1.84 bits per heavy atom. The number of aliphatic hydroxyl groups is 2. The van der Waals surface area contributed by atoms with Crippen LogP contribution in [0.15, 0.2) is 47.5 Å². The normalized spacial score (nSPS) is 29.5. The highest BCUT2D eigenvalue weighted by Crippen LogP contribution is 2.41. The van der Waals surface area contributed by atoms with Crippen molar-refractivity contribution in [3.8, 4) is 0 Å². The molecule has 1 spiro atoms. The molecule has 0 aliphatic carbocycles. The van der Waals surface area contributed by atoms with Crippen molar-refractivity contribution in [2.45, 2.75) is 42.4 Å². The number of nitrogens with zero attached hydrogens (tertiary/aromatic N) is 3. The van der Waals surface area contributed by atoms with Gasteiger partial charge in [0.2, 0.25) is 17.6 Å². The number of hydrogen-bond acceptors (Lipinski definition) is 10. The highest BCUT2D eigenvalue weighted by Gasteiger charge is 2.76. The first kappa shape index (κ1) is 23.9. The largest absolute Gasteiger partial charge is 0.370 e. The van der Waals surface area contributed by atoms with Crippen LogP contribution in [0.4, 0.5) is 10.5 Å². The van der Waals surface area contributed by atoms with E-state index in [-0.39, 0.29) is 49.7 Å². The van der Waals surface area contributed by atoms with Gasteiger partial charge in [-0.3, -0.25) is 30.1 Å². The van der Waals surface area contributed by atoms with E-state index in [0.29, 0.717) is 5.69 Å². The van der Waals surface area contributed by atoms with Gasteiger partial charge in [-0.25, -0.2) is 15.1 Å². The predicted octanol–water partition coefficient (Wildman–Crippen LogP) is -3.76. The molecule has 4 heterocycles. The molecule has 14 nitrogen and oxygen atoms in total. The van der Waals surface area contributed by atoms with Crippen molar-refractivity contribution >= 4 is 46.2 Å². The van der Waals surface area contributed by atoms with E-state index >= 15 is 0 Å². The van der Waals surface area contributed by atoms with Gasteiger partial charge in [-0.05, 0) is 11.5 Å². The molecule has 4 amide bonds. The van der Waals surface area contributed by atoms with Crippen LogP contribution >= 0.6 is 0 Å². The number of hydrogen-bond donors (Lipinski definition) is 8. The van der Waals surface area contributed by atoms with Crippen LogP contribution in [-0.4, -0.2) is 92.4 Å². The van der Waals surface area contributed by atoms with Gasteiger partial charge in [-0.2, -0.15) is 0 Å². The second kappa shape index (κ2) is 8.29. The summed E-state index contributed by atoms with van der Waals surface area (Å²) in [4.78, 5) is 47.5. The second-order valence-corrected chi connectivity index (χ2v) is 9.89. The fourth-order valence-corrected chi connectivity index (χ4v) is 5.99. The zero-order valence-electron chi connectivity index (χ0n) is 20.2. The number of guanidine groups is 2. The van der Waals surface area contributed by atoms with E-state index in [1.165, 1.54) is 4.90 Å². The first-order chi connectivity index (χ1) is 18.1. The van der Waals surface area contributed by atoms with Gasteiger partial charge < -0.3 is 26.6 Å². The predicted molar refractivity (Wildman–Crippen MR) is 135 cm³/mol. The van der Waals surface area contributed by atoms with E-state index in [9.17, 15) is 24.6 Å². The SMILES string of the molecule is NC1=N[C@@H](CN2C(=O)CCC2=O)[C@@H]2[NH+]=C(N)N[C@]23N1C[C@H](NC(=O)Nc1cccc2ccccc12)C3(O)O. The van der Waals surface area contributed by atoms with Crippen molar-refractivity contribution in [3.63, 3.8) is 0 Å². The highest BCUT2D eigenvalue weighted by atomic mass is 16.5. The summed E-state index contributed by atoms with van der Waals surface area (Å²) in [5.74, 6) is -3.31. The molecule has 0 bridgehead atoms. The van der Waals surface area contributed by atoms with Crippen molar-refractivity contribution in [2.24, 2.45) is 16.5 Å². The van der Waals surface area contributed by atoms with Gasteiger partial charge in [-0.1, -0.05) is 36.4 Å². The molecule has 4 atom stereocenters. The Kier molecular flexibility index (Phi) is 5.22. The Labute approximate surface area is 216 Å². The van der Waals surface area contributed by atoms with Crippen LogP contribution < -0.4 is 32.4 Å². The van der Waals surface area contributed by atoms with Crippen LogP contribution in [0, 0.1) is 0 Å². The quantitative estimate of drug-likeness (QED) is 0.146. The maximum atomic E-state index is 13.0. The van der Waals surface area contributed by atoms with Crippen LogP contribution in [0.2, 0.25) is 0 Å². The Morgan fingerprint density at radius 3 is 2.61 bits per heavy atom. The lowest BCUT2D eigenvalue weighted by atomic mass is 9.85. The summed E-state index contributed by atoms with van der Waals surface area (Å²) >= 11 is 0. The number of amides is 4. The smallest absolute Gasteiger partial charge is 0.343 e. The summed E-state index contributed by atoms with van der Waals surface area (Å²) < 4.78 is 0. The molecule has 0 saturated carbocycles. The summed E-state index contributed by atoms with van der Waals surface area (Å²) in [7, 11) is 0. The molecule has 2 aromatic rings. The Balaban J connectivity index is 1.27. The summed E-state index contributed by atoms with van der Waals surface area (Å²) in [6.45, 7) is -0.228. The molecule has 0 aromatic heterocycles.